The van der Waals surface area contributed by atoms with Gasteiger partial charge in [0.1, 0.15) is 0 Å². The summed E-state index contributed by atoms with van der Waals surface area (Å²) in [5, 5.41) is 1.24. The predicted octanol–water partition coefficient (Wildman–Crippen LogP) is 4.70. The van der Waals surface area contributed by atoms with Gasteiger partial charge in [0.2, 0.25) is 0 Å². The number of hydrogen-bond acceptors (Lipinski definition) is 3. The third kappa shape index (κ3) is 3.42. The molecule has 26 heavy (non-hydrogen) atoms. The van der Waals surface area contributed by atoms with Gasteiger partial charge in [0.25, 0.3) is 0 Å². The van der Waals surface area contributed by atoms with Crippen molar-refractivity contribution in [2.45, 2.75) is 39.4 Å². The number of hydrogen-bond donors (Lipinski definition) is 0. The Morgan fingerprint density at radius 3 is 2.38 bits per heavy atom. The lowest BCUT2D eigenvalue weighted by Gasteiger charge is -2.25. The van der Waals surface area contributed by atoms with E-state index in [0.717, 1.165) is 39.6 Å². The van der Waals surface area contributed by atoms with E-state index >= 15 is 0 Å². The molecule has 0 saturated heterocycles. The molecular formula is C21H23BrO3Si. The molecule has 1 aliphatic rings. The van der Waals surface area contributed by atoms with Crippen LogP contribution in [-0.4, -0.2) is 26.4 Å². The first kappa shape index (κ1) is 19.0. The van der Waals surface area contributed by atoms with Gasteiger partial charge < -0.3 is 4.74 Å². The van der Waals surface area contributed by atoms with Crippen LogP contribution in [0.25, 0.3) is 11.1 Å². The summed E-state index contributed by atoms with van der Waals surface area (Å²) >= 11 is 3.71. The molecule has 3 rings (SSSR count). The molecule has 3 nitrogen and oxygen atoms in total. The van der Waals surface area contributed by atoms with Crippen LogP contribution in [0.2, 0.25) is 19.6 Å². The molecule has 0 bridgehead atoms. The summed E-state index contributed by atoms with van der Waals surface area (Å²) < 4.78 is 6.05. The summed E-state index contributed by atoms with van der Waals surface area (Å²) in [5.74, 6) is -0.119. The van der Waals surface area contributed by atoms with Crippen LogP contribution in [0.1, 0.15) is 34.8 Å². The van der Waals surface area contributed by atoms with Crippen molar-refractivity contribution in [3.05, 3.63) is 51.5 Å². The van der Waals surface area contributed by atoms with Crippen molar-refractivity contribution in [1.82, 2.24) is 0 Å². The van der Waals surface area contributed by atoms with Crippen LogP contribution in [-0.2, 0) is 16.0 Å². The van der Waals surface area contributed by atoms with Crippen LogP contribution < -0.4 is 5.19 Å². The van der Waals surface area contributed by atoms with Gasteiger partial charge in [-0.15, -0.1) is 0 Å². The van der Waals surface area contributed by atoms with Gasteiger partial charge in [0, 0.05) is 28.1 Å². The predicted molar refractivity (Wildman–Crippen MR) is 111 cm³/mol. The molecule has 0 radical (unpaired) electrons. The Kier molecular flexibility index (Phi) is 5.22. The third-order valence-electron chi connectivity index (χ3n) is 4.67. The van der Waals surface area contributed by atoms with Crippen molar-refractivity contribution in [3.63, 3.8) is 0 Å². The number of ether oxygens (including phenoxy) is 1. The number of ketones is 1. The Morgan fingerprint density at radius 1 is 1.12 bits per heavy atom. The van der Waals surface area contributed by atoms with E-state index in [1.165, 1.54) is 17.7 Å². The summed E-state index contributed by atoms with van der Waals surface area (Å²) in [6.45, 7) is 8.67. The van der Waals surface area contributed by atoms with Crippen LogP contribution in [0.15, 0.2) is 34.8 Å². The number of benzene rings is 2. The van der Waals surface area contributed by atoms with Crippen molar-refractivity contribution in [3.8, 4) is 11.1 Å². The van der Waals surface area contributed by atoms with E-state index in [-0.39, 0.29) is 11.8 Å². The Morgan fingerprint density at radius 2 is 1.77 bits per heavy atom. The molecule has 0 amide bonds. The molecule has 1 aliphatic carbocycles. The first-order chi connectivity index (χ1) is 12.2. The monoisotopic (exact) mass is 430 g/mol. The number of rotatable bonds is 5. The van der Waals surface area contributed by atoms with Gasteiger partial charge in [-0.05, 0) is 35.2 Å². The summed E-state index contributed by atoms with van der Waals surface area (Å²) in [6.07, 6.45) is 1.55. The van der Waals surface area contributed by atoms with Crippen molar-refractivity contribution < 1.29 is 14.3 Å². The lowest BCUT2D eigenvalue weighted by molar-refractivity contribution is -0.141. The molecule has 0 spiro atoms. The zero-order valence-electron chi connectivity index (χ0n) is 15.6. The van der Waals surface area contributed by atoms with E-state index in [1.54, 1.807) is 0 Å². The SMILES string of the molecule is CC(=O)OCCCc1cc(Br)c2c(c1[Si](C)(C)C)C(=O)c1ccccc1-2. The Hall–Kier alpha value is -1.72. The summed E-state index contributed by atoms with van der Waals surface area (Å²) in [5.41, 5.74) is 4.92. The topological polar surface area (TPSA) is 43.4 Å². The highest BCUT2D eigenvalue weighted by molar-refractivity contribution is 9.10. The van der Waals surface area contributed by atoms with Gasteiger partial charge in [-0.3, -0.25) is 9.59 Å². The second kappa shape index (κ2) is 7.12. The first-order valence-electron chi connectivity index (χ1n) is 8.85. The summed E-state index contributed by atoms with van der Waals surface area (Å²) in [6, 6.07) is 10.0. The van der Waals surface area contributed by atoms with Gasteiger partial charge in [-0.1, -0.05) is 59.8 Å². The highest BCUT2D eigenvalue weighted by atomic mass is 79.9. The maximum absolute atomic E-state index is 13.2. The number of aryl methyl sites for hydroxylation is 1. The molecule has 0 aliphatic heterocycles. The molecule has 0 unspecified atom stereocenters. The standard InChI is InChI=1S/C21H23BrO3Si/c1-13(23)25-11-7-8-14-12-17(22)18-15-9-5-6-10-16(15)20(24)19(18)21(14)26(2,3)4/h5-6,9-10,12H,7-8,11H2,1-4H3. The Labute approximate surface area is 163 Å². The minimum Gasteiger partial charge on any atom is -0.466 e. The van der Waals surface area contributed by atoms with Crippen LogP contribution in [0.5, 0.6) is 0 Å². The van der Waals surface area contributed by atoms with Crippen LogP contribution >= 0.6 is 15.9 Å². The second-order valence-electron chi connectivity index (χ2n) is 7.71. The molecule has 0 heterocycles. The van der Waals surface area contributed by atoms with E-state index in [9.17, 15) is 9.59 Å². The Bertz CT molecular complexity index is 897. The fourth-order valence-electron chi connectivity index (χ4n) is 3.76. The minimum absolute atomic E-state index is 0.135. The van der Waals surface area contributed by atoms with E-state index in [2.05, 4.69) is 41.6 Å². The normalized spacial score (nSPS) is 12.7. The first-order valence-corrected chi connectivity index (χ1v) is 13.1. The Balaban J connectivity index is 2.10. The zero-order chi connectivity index (χ0) is 19.1. The van der Waals surface area contributed by atoms with Crippen LogP contribution in [0.3, 0.4) is 0 Å². The average Bonchev–Trinajstić information content (AvgIpc) is 2.84. The highest BCUT2D eigenvalue weighted by Gasteiger charge is 2.36. The summed E-state index contributed by atoms with van der Waals surface area (Å²) in [7, 11) is -1.77. The van der Waals surface area contributed by atoms with Gasteiger partial charge >= 0.3 is 5.97 Å². The van der Waals surface area contributed by atoms with Crippen molar-refractivity contribution >= 4 is 40.9 Å². The zero-order valence-corrected chi connectivity index (χ0v) is 18.2. The molecule has 0 N–H and O–H groups in total. The number of esters is 1. The maximum atomic E-state index is 13.2. The van der Waals surface area contributed by atoms with Gasteiger partial charge in [0.05, 0.1) is 14.7 Å². The second-order valence-corrected chi connectivity index (χ2v) is 13.6. The van der Waals surface area contributed by atoms with Gasteiger partial charge in [-0.25, -0.2) is 0 Å². The van der Waals surface area contributed by atoms with E-state index < -0.39 is 8.07 Å². The lowest BCUT2D eigenvalue weighted by atomic mass is 10.0. The third-order valence-corrected chi connectivity index (χ3v) is 7.37. The average molecular weight is 431 g/mol. The minimum atomic E-state index is -1.77. The molecule has 2 aromatic rings. The highest BCUT2D eigenvalue weighted by Crippen LogP contribution is 2.42. The molecule has 0 aromatic heterocycles. The molecular weight excluding hydrogens is 408 g/mol. The fourth-order valence-corrected chi connectivity index (χ4v) is 6.60. The van der Waals surface area contributed by atoms with Gasteiger partial charge in [0.15, 0.2) is 5.78 Å². The van der Waals surface area contributed by atoms with Crippen molar-refractivity contribution in [2.24, 2.45) is 0 Å². The van der Waals surface area contributed by atoms with E-state index in [4.69, 9.17) is 4.74 Å². The molecule has 136 valence electrons. The largest absolute Gasteiger partial charge is 0.466 e. The van der Waals surface area contributed by atoms with Crippen molar-refractivity contribution in [1.29, 1.82) is 0 Å². The fraction of sp³-hybridized carbons (Fsp3) is 0.333. The number of halogens is 1. The molecule has 0 atom stereocenters. The number of carbonyl (C=O) groups excluding carboxylic acids is 2. The van der Waals surface area contributed by atoms with Crippen LogP contribution in [0, 0.1) is 0 Å². The van der Waals surface area contributed by atoms with Gasteiger partial charge in [-0.2, -0.15) is 0 Å². The lowest BCUT2D eigenvalue weighted by Crippen LogP contribution is -2.43. The van der Waals surface area contributed by atoms with E-state index in [1.807, 2.05) is 24.3 Å². The van der Waals surface area contributed by atoms with Crippen molar-refractivity contribution in [2.75, 3.05) is 6.61 Å². The maximum Gasteiger partial charge on any atom is 0.302 e. The smallest absolute Gasteiger partial charge is 0.302 e. The number of fused-ring (bicyclic) bond motifs is 3. The molecule has 5 heteroatoms. The quantitative estimate of drug-likeness (QED) is 0.334. The molecule has 0 saturated carbocycles. The number of carbonyl (C=O) groups is 2. The summed E-state index contributed by atoms with van der Waals surface area (Å²) in [4.78, 5) is 24.2. The molecule has 2 aromatic carbocycles. The van der Waals surface area contributed by atoms with E-state index in [0.29, 0.717) is 6.61 Å². The van der Waals surface area contributed by atoms with Crippen LogP contribution in [0.4, 0.5) is 0 Å². The molecule has 0 fully saturated rings.